The number of terminal acetylenes is 2. The van der Waals surface area contributed by atoms with Gasteiger partial charge in [0.2, 0.25) is 0 Å². The summed E-state index contributed by atoms with van der Waals surface area (Å²) in [6, 6.07) is 4.61. The molecular formula is C26H30N2O6. The van der Waals surface area contributed by atoms with Gasteiger partial charge in [0.1, 0.15) is 18.8 Å². The van der Waals surface area contributed by atoms with Gasteiger partial charge in [0, 0.05) is 17.5 Å². The number of ether oxygens (including phenoxy) is 3. The highest BCUT2D eigenvalue weighted by atomic mass is 16.6. The van der Waals surface area contributed by atoms with Crippen molar-refractivity contribution < 1.29 is 28.6 Å². The van der Waals surface area contributed by atoms with E-state index in [1.165, 1.54) is 12.0 Å². The minimum atomic E-state index is -0.999. The van der Waals surface area contributed by atoms with Crippen molar-refractivity contribution >= 4 is 18.2 Å². The molecule has 0 radical (unpaired) electrons. The quantitative estimate of drug-likeness (QED) is 0.385. The average molecular weight is 467 g/mol. The largest absolute Gasteiger partial charge is 0.467 e. The second-order valence-corrected chi connectivity index (χ2v) is 9.80. The fraction of sp³-hybridized carbons (Fsp3) is 0.500. The molecule has 1 aromatic rings. The smallest absolute Gasteiger partial charge is 0.410 e. The monoisotopic (exact) mass is 466 g/mol. The first-order chi connectivity index (χ1) is 15.9. The second-order valence-electron chi connectivity index (χ2n) is 9.80. The van der Waals surface area contributed by atoms with E-state index in [-0.39, 0.29) is 13.2 Å². The number of esters is 1. The van der Waals surface area contributed by atoms with E-state index in [1.807, 2.05) is 18.2 Å². The summed E-state index contributed by atoms with van der Waals surface area (Å²) >= 11 is 0. The van der Waals surface area contributed by atoms with Crippen molar-refractivity contribution in [3.05, 3.63) is 34.9 Å². The van der Waals surface area contributed by atoms with Crippen molar-refractivity contribution in [2.75, 3.05) is 20.3 Å². The van der Waals surface area contributed by atoms with E-state index in [1.54, 1.807) is 32.6 Å². The number of benzene rings is 1. The third-order valence-electron chi connectivity index (χ3n) is 6.45. The van der Waals surface area contributed by atoms with Crippen LogP contribution in [0.15, 0.2) is 18.2 Å². The van der Waals surface area contributed by atoms with Crippen molar-refractivity contribution in [1.29, 1.82) is 0 Å². The van der Waals surface area contributed by atoms with E-state index in [2.05, 4.69) is 11.8 Å². The Kier molecular flexibility index (Phi) is 6.84. The van der Waals surface area contributed by atoms with Gasteiger partial charge in [0.15, 0.2) is 0 Å². The fourth-order valence-electron chi connectivity index (χ4n) is 4.26. The van der Waals surface area contributed by atoms with Crippen molar-refractivity contribution in [1.82, 2.24) is 9.80 Å². The Balaban J connectivity index is 1.76. The maximum Gasteiger partial charge on any atom is 0.410 e. The molecule has 1 saturated heterocycles. The molecule has 2 atom stereocenters. The molecule has 2 aliphatic rings. The lowest BCUT2D eigenvalue weighted by Crippen LogP contribution is -2.48. The van der Waals surface area contributed by atoms with Crippen LogP contribution in [0.3, 0.4) is 0 Å². The Morgan fingerprint density at radius 3 is 2.50 bits per heavy atom. The molecule has 0 aliphatic carbocycles. The van der Waals surface area contributed by atoms with E-state index >= 15 is 0 Å². The number of likely N-dealkylation sites (tertiary alicyclic amines) is 1. The van der Waals surface area contributed by atoms with Gasteiger partial charge in [-0.1, -0.05) is 37.8 Å². The molecule has 0 unspecified atom stereocenters. The first-order valence-electron chi connectivity index (χ1n) is 11.0. The van der Waals surface area contributed by atoms with Crippen LogP contribution in [-0.2, 0) is 32.1 Å². The van der Waals surface area contributed by atoms with E-state index in [0.717, 1.165) is 16.7 Å². The minimum Gasteiger partial charge on any atom is -0.467 e. The number of carbonyl (C=O) groups is 3. The van der Waals surface area contributed by atoms with Crippen LogP contribution in [0, 0.1) is 35.5 Å². The Morgan fingerprint density at radius 1 is 1.18 bits per heavy atom. The normalized spacial score (nSPS) is 20.7. The van der Waals surface area contributed by atoms with Crippen molar-refractivity contribution in [3.63, 3.8) is 0 Å². The molecule has 1 fully saturated rings. The molecule has 180 valence electrons. The van der Waals surface area contributed by atoms with E-state index in [9.17, 15) is 14.4 Å². The zero-order valence-corrected chi connectivity index (χ0v) is 20.2. The lowest BCUT2D eigenvalue weighted by Gasteiger charge is -2.32. The summed E-state index contributed by atoms with van der Waals surface area (Å²) in [5, 5.41) is 0. The lowest BCUT2D eigenvalue weighted by molar-refractivity contribution is -0.149. The predicted molar refractivity (Wildman–Crippen MR) is 124 cm³/mol. The summed E-state index contributed by atoms with van der Waals surface area (Å²) in [5.41, 5.74) is 1.02. The van der Waals surface area contributed by atoms with E-state index < -0.39 is 41.1 Å². The van der Waals surface area contributed by atoms with Crippen LogP contribution in [0.4, 0.5) is 9.59 Å². The number of fused-ring (bicyclic) bond motifs is 1. The Bertz CT molecular complexity index is 1080. The molecule has 0 N–H and O–H groups in total. The Hall–Kier alpha value is -3.65. The molecule has 0 spiro atoms. The first-order valence-corrected chi connectivity index (χ1v) is 11.0. The van der Waals surface area contributed by atoms with E-state index in [4.69, 9.17) is 27.1 Å². The van der Waals surface area contributed by atoms with Crippen molar-refractivity contribution in [2.45, 2.75) is 52.9 Å². The summed E-state index contributed by atoms with van der Waals surface area (Å²) in [5.74, 6) is 4.58. The number of methoxy groups -OCH3 is 1. The van der Waals surface area contributed by atoms with Crippen LogP contribution in [0.2, 0.25) is 0 Å². The molecular weight excluding hydrogens is 436 g/mol. The zero-order chi connectivity index (χ0) is 25.3. The van der Waals surface area contributed by atoms with Crippen LogP contribution in [0.1, 0.15) is 44.4 Å². The van der Waals surface area contributed by atoms with Gasteiger partial charge in [-0.2, -0.15) is 0 Å². The van der Waals surface area contributed by atoms with Gasteiger partial charge in [-0.25, -0.2) is 14.4 Å². The van der Waals surface area contributed by atoms with Crippen LogP contribution >= 0.6 is 0 Å². The molecule has 3 rings (SSSR count). The lowest BCUT2D eigenvalue weighted by atomic mass is 9.82. The first kappa shape index (κ1) is 25.0. The molecule has 0 bridgehead atoms. The van der Waals surface area contributed by atoms with Gasteiger partial charge in [0.25, 0.3) is 0 Å². The molecule has 0 saturated carbocycles. The third-order valence-corrected chi connectivity index (χ3v) is 6.45. The highest BCUT2D eigenvalue weighted by Gasteiger charge is 2.56. The highest BCUT2D eigenvalue weighted by molar-refractivity contribution is 5.83. The van der Waals surface area contributed by atoms with Crippen molar-refractivity contribution in [3.8, 4) is 24.7 Å². The van der Waals surface area contributed by atoms with Crippen LogP contribution < -0.4 is 0 Å². The van der Waals surface area contributed by atoms with E-state index in [0.29, 0.717) is 13.1 Å². The number of nitrogens with zero attached hydrogens (tertiary/aromatic N) is 2. The molecule has 2 amide bonds. The van der Waals surface area contributed by atoms with Crippen LogP contribution in [0.5, 0.6) is 0 Å². The van der Waals surface area contributed by atoms with Gasteiger partial charge in [0.05, 0.1) is 25.6 Å². The maximum atomic E-state index is 13.1. The summed E-state index contributed by atoms with van der Waals surface area (Å²) < 4.78 is 16.2. The van der Waals surface area contributed by atoms with Gasteiger partial charge < -0.3 is 14.2 Å². The van der Waals surface area contributed by atoms with Gasteiger partial charge in [-0.05, 0) is 31.0 Å². The molecule has 0 aromatic heterocycles. The topological polar surface area (TPSA) is 85.4 Å². The number of carbonyl (C=O) groups excluding carboxylic acids is 3. The standard InChI is InChI=1S/C26H30N2O6/c1-8-17-11-10-12-18-13-27(14-19(17)18)23(30)34-20-15-28(21(22(29)32-7)26(20,5)6)24(31)33-16-25(3,4)9-2/h1-2,10-12,20-21H,13-16H2,3-7H3/t20-,21+/m0/s1. The van der Waals surface area contributed by atoms with Crippen LogP contribution in [-0.4, -0.2) is 60.4 Å². The SMILES string of the molecule is C#Cc1cccc2c1CN(C(=O)O[C@H]1CN(C(=O)OCC(C)(C)C#C)[C@H](C(=O)OC)C1(C)C)C2. The highest BCUT2D eigenvalue weighted by Crippen LogP contribution is 2.40. The molecule has 34 heavy (non-hydrogen) atoms. The number of hydrogen-bond acceptors (Lipinski definition) is 6. The Morgan fingerprint density at radius 2 is 1.88 bits per heavy atom. The molecule has 8 heteroatoms. The summed E-state index contributed by atoms with van der Waals surface area (Å²) in [6.45, 7) is 7.66. The number of rotatable bonds is 4. The summed E-state index contributed by atoms with van der Waals surface area (Å²) in [6.07, 6.45) is 9.01. The third kappa shape index (κ3) is 4.68. The maximum absolute atomic E-state index is 13.1. The average Bonchev–Trinajstić information content (AvgIpc) is 3.35. The van der Waals surface area contributed by atoms with Gasteiger partial charge >= 0.3 is 18.2 Å². The Labute approximate surface area is 200 Å². The molecule has 8 nitrogen and oxygen atoms in total. The molecule has 2 aliphatic heterocycles. The van der Waals surface area contributed by atoms with Gasteiger partial charge in [-0.15, -0.1) is 12.8 Å². The van der Waals surface area contributed by atoms with Crippen LogP contribution in [0.25, 0.3) is 0 Å². The zero-order valence-electron chi connectivity index (χ0n) is 20.2. The molecule has 1 aromatic carbocycles. The summed E-state index contributed by atoms with van der Waals surface area (Å²) in [4.78, 5) is 41.4. The molecule has 2 heterocycles. The summed E-state index contributed by atoms with van der Waals surface area (Å²) in [7, 11) is 1.24. The van der Waals surface area contributed by atoms with Crippen molar-refractivity contribution in [2.24, 2.45) is 10.8 Å². The number of amides is 2. The van der Waals surface area contributed by atoms with Gasteiger partial charge in [-0.3, -0.25) is 9.80 Å². The minimum absolute atomic E-state index is 0.0236. The second kappa shape index (κ2) is 9.30. The fourth-order valence-corrected chi connectivity index (χ4v) is 4.26. The predicted octanol–water partition coefficient (Wildman–Crippen LogP) is 3.17. The number of hydrogen-bond donors (Lipinski definition) is 0.